The van der Waals surface area contributed by atoms with E-state index in [1.165, 1.54) is 11.3 Å². The number of carbonyl (C=O) groups excluding carboxylic acids is 1. The van der Waals surface area contributed by atoms with Gasteiger partial charge in [0.1, 0.15) is 6.61 Å². The summed E-state index contributed by atoms with van der Waals surface area (Å²) in [7, 11) is 0. The highest BCUT2D eigenvalue weighted by Crippen LogP contribution is 2.31. The Morgan fingerprint density at radius 2 is 2.12 bits per heavy atom. The quantitative estimate of drug-likeness (QED) is 0.667. The Labute approximate surface area is 154 Å². The number of para-hydroxylation sites is 3. The highest BCUT2D eigenvalue weighted by Gasteiger charge is 2.27. The Bertz CT molecular complexity index is 1060. The molecular weight excluding hydrogens is 348 g/mol. The van der Waals surface area contributed by atoms with Gasteiger partial charge in [0.2, 0.25) is 6.10 Å². The first-order chi connectivity index (χ1) is 12.7. The molecule has 26 heavy (non-hydrogen) atoms. The van der Waals surface area contributed by atoms with E-state index in [0.29, 0.717) is 22.8 Å². The van der Waals surface area contributed by atoms with Gasteiger partial charge in [-0.25, -0.2) is 0 Å². The summed E-state index contributed by atoms with van der Waals surface area (Å²) < 4.78 is 14.5. The lowest BCUT2D eigenvalue weighted by Gasteiger charge is -2.23. The van der Waals surface area contributed by atoms with Crippen molar-refractivity contribution in [3.05, 3.63) is 65.5 Å². The second kappa shape index (κ2) is 6.80. The number of nitrogens with zero attached hydrogens (tertiary/aromatic N) is 2. The predicted octanol–water partition coefficient (Wildman–Crippen LogP) is 3.46. The Morgan fingerprint density at radius 1 is 1.31 bits per heavy atom. The van der Waals surface area contributed by atoms with Crippen molar-refractivity contribution in [2.45, 2.75) is 19.6 Å². The van der Waals surface area contributed by atoms with Crippen LogP contribution in [0.25, 0.3) is 10.2 Å². The van der Waals surface area contributed by atoms with Crippen LogP contribution >= 0.6 is 11.3 Å². The van der Waals surface area contributed by atoms with E-state index in [-0.39, 0.29) is 12.5 Å². The fraction of sp³-hybridized carbons (Fsp3) is 0.200. The smallest absolute Gasteiger partial charge is 0.292 e. The predicted molar refractivity (Wildman–Crippen MR) is 102 cm³/mol. The molecule has 1 atom stereocenters. The van der Waals surface area contributed by atoms with Gasteiger partial charge in [0.15, 0.2) is 16.3 Å². The summed E-state index contributed by atoms with van der Waals surface area (Å²) >= 11 is 1.49. The van der Waals surface area contributed by atoms with E-state index in [0.717, 1.165) is 15.8 Å². The van der Waals surface area contributed by atoms with Crippen LogP contribution in [0.2, 0.25) is 0 Å². The Hall–Kier alpha value is -2.86. The molecule has 0 bridgehead atoms. The number of amides is 1. The van der Waals surface area contributed by atoms with Crippen molar-refractivity contribution >= 4 is 27.5 Å². The minimum absolute atomic E-state index is 0.157. The molecule has 0 spiro atoms. The van der Waals surface area contributed by atoms with Crippen LogP contribution in [0.5, 0.6) is 11.5 Å². The topological polar surface area (TPSA) is 52.8 Å². The van der Waals surface area contributed by atoms with Crippen LogP contribution in [-0.2, 0) is 11.3 Å². The van der Waals surface area contributed by atoms with Crippen LogP contribution in [-0.4, -0.2) is 23.2 Å². The average Bonchev–Trinajstić information content (AvgIpc) is 3.00. The number of ether oxygens (including phenoxy) is 2. The Morgan fingerprint density at radius 3 is 2.92 bits per heavy atom. The third-order valence-corrected chi connectivity index (χ3v) is 5.25. The SMILES string of the molecule is C=CCn1c(=NC(=O)[C@H]2COc3ccccc3O2)sc2cccc(C)c21. The third-order valence-electron chi connectivity index (χ3n) is 4.20. The van der Waals surface area contributed by atoms with Gasteiger partial charge in [-0.1, -0.05) is 41.7 Å². The fourth-order valence-electron chi connectivity index (χ4n) is 3.00. The number of benzene rings is 2. The highest BCUT2D eigenvalue weighted by atomic mass is 32.1. The summed E-state index contributed by atoms with van der Waals surface area (Å²) in [5.74, 6) is 0.871. The van der Waals surface area contributed by atoms with Gasteiger partial charge in [0, 0.05) is 6.54 Å². The van der Waals surface area contributed by atoms with Crippen LogP contribution in [0.4, 0.5) is 0 Å². The van der Waals surface area contributed by atoms with Crippen LogP contribution in [0.1, 0.15) is 5.56 Å². The van der Waals surface area contributed by atoms with Crippen LogP contribution in [0.15, 0.2) is 60.1 Å². The van der Waals surface area contributed by atoms with Gasteiger partial charge >= 0.3 is 0 Å². The number of fused-ring (bicyclic) bond motifs is 2. The lowest BCUT2D eigenvalue weighted by Crippen LogP contribution is -2.36. The maximum absolute atomic E-state index is 12.7. The van der Waals surface area contributed by atoms with E-state index in [2.05, 4.69) is 24.6 Å². The molecule has 0 saturated carbocycles. The van der Waals surface area contributed by atoms with Gasteiger partial charge in [-0.05, 0) is 30.7 Å². The van der Waals surface area contributed by atoms with E-state index in [1.807, 2.05) is 34.9 Å². The molecule has 2 heterocycles. The minimum atomic E-state index is -0.742. The van der Waals surface area contributed by atoms with E-state index < -0.39 is 6.10 Å². The lowest BCUT2D eigenvalue weighted by molar-refractivity contribution is -0.127. The number of hydrogen-bond donors (Lipinski definition) is 0. The standard InChI is InChI=1S/C20H18N2O3S/c1-3-11-22-18-13(2)7-6-10-17(18)26-20(22)21-19(23)16-12-24-14-8-4-5-9-15(14)25-16/h3-10,16H,1,11-12H2,2H3/t16-/m1/s1. The zero-order valence-electron chi connectivity index (χ0n) is 14.3. The normalized spacial score (nSPS) is 16.7. The molecule has 0 unspecified atom stereocenters. The van der Waals surface area contributed by atoms with Crippen LogP contribution in [0.3, 0.4) is 0 Å². The maximum atomic E-state index is 12.7. The summed E-state index contributed by atoms with van der Waals surface area (Å²) in [6, 6.07) is 13.4. The first kappa shape index (κ1) is 16.6. The van der Waals surface area contributed by atoms with Crippen molar-refractivity contribution in [1.82, 2.24) is 4.57 Å². The lowest BCUT2D eigenvalue weighted by atomic mass is 10.2. The van der Waals surface area contributed by atoms with E-state index in [4.69, 9.17) is 9.47 Å². The summed E-state index contributed by atoms with van der Waals surface area (Å²) in [6.07, 6.45) is 1.06. The number of allylic oxidation sites excluding steroid dienone is 1. The largest absolute Gasteiger partial charge is 0.485 e. The zero-order valence-corrected chi connectivity index (χ0v) is 15.2. The number of aromatic nitrogens is 1. The Kier molecular flexibility index (Phi) is 4.34. The molecule has 1 aromatic heterocycles. The molecule has 2 aromatic carbocycles. The first-order valence-corrected chi connectivity index (χ1v) is 9.16. The number of carbonyl (C=O) groups is 1. The third kappa shape index (κ3) is 2.93. The Balaban J connectivity index is 1.72. The van der Waals surface area contributed by atoms with Crippen LogP contribution < -0.4 is 14.3 Å². The van der Waals surface area contributed by atoms with Gasteiger partial charge in [0.05, 0.1) is 10.2 Å². The second-order valence-electron chi connectivity index (χ2n) is 6.02. The molecule has 1 amide bonds. The van der Waals surface area contributed by atoms with Gasteiger partial charge in [0.25, 0.3) is 5.91 Å². The second-order valence-corrected chi connectivity index (χ2v) is 7.03. The van der Waals surface area contributed by atoms with Crippen molar-refractivity contribution in [3.63, 3.8) is 0 Å². The van der Waals surface area contributed by atoms with E-state index in [9.17, 15) is 4.79 Å². The molecule has 5 nitrogen and oxygen atoms in total. The van der Waals surface area contributed by atoms with Crippen molar-refractivity contribution in [3.8, 4) is 11.5 Å². The summed E-state index contributed by atoms with van der Waals surface area (Å²) in [6.45, 7) is 6.61. The fourth-order valence-corrected chi connectivity index (χ4v) is 4.12. The van der Waals surface area contributed by atoms with Crippen LogP contribution in [0, 0.1) is 6.92 Å². The molecule has 0 saturated heterocycles. The number of aryl methyl sites for hydroxylation is 1. The molecule has 1 aliphatic heterocycles. The van der Waals surface area contributed by atoms with Gasteiger partial charge in [-0.15, -0.1) is 6.58 Å². The van der Waals surface area contributed by atoms with Crippen molar-refractivity contribution in [2.75, 3.05) is 6.61 Å². The molecule has 4 rings (SSSR count). The number of rotatable bonds is 3. The van der Waals surface area contributed by atoms with Gasteiger partial charge in [-0.2, -0.15) is 4.99 Å². The first-order valence-electron chi connectivity index (χ1n) is 8.34. The van der Waals surface area contributed by atoms with Crippen molar-refractivity contribution < 1.29 is 14.3 Å². The number of hydrogen-bond acceptors (Lipinski definition) is 4. The molecule has 3 aromatic rings. The molecule has 0 radical (unpaired) electrons. The van der Waals surface area contributed by atoms with Gasteiger partial charge < -0.3 is 14.0 Å². The molecular formula is C20H18N2O3S. The zero-order chi connectivity index (χ0) is 18.1. The molecule has 0 aliphatic carbocycles. The molecule has 0 fully saturated rings. The number of thiazole rings is 1. The summed E-state index contributed by atoms with van der Waals surface area (Å²) in [5, 5.41) is 0. The molecule has 0 N–H and O–H groups in total. The van der Waals surface area contributed by atoms with Gasteiger partial charge in [-0.3, -0.25) is 4.79 Å². The van der Waals surface area contributed by atoms with Crippen molar-refractivity contribution in [2.24, 2.45) is 4.99 Å². The summed E-state index contributed by atoms with van der Waals surface area (Å²) in [5.41, 5.74) is 2.22. The average molecular weight is 366 g/mol. The van der Waals surface area contributed by atoms with E-state index >= 15 is 0 Å². The molecule has 1 aliphatic rings. The highest BCUT2D eigenvalue weighted by molar-refractivity contribution is 7.16. The monoisotopic (exact) mass is 366 g/mol. The minimum Gasteiger partial charge on any atom is -0.485 e. The molecule has 132 valence electrons. The van der Waals surface area contributed by atoms with Crippen molar-refractivity contribution in [1.29, 1.82) is 0 Å². The maximum Gasteiger partial charge on any atom is 0.292 e. The van der Waals surface area contributed by atoms with E-state index in [1.54, 1.807) is 12.1 Å². The molecule has 6 heteroatoms. The summed E-state index contributed by atoms with van der Waals surface area (Å²) in [4.78, 5) is 17.7.